The van der Waals surface area contributed by atoms with Crippen molar-refractivity contribution in [1.29, 1.82) is 0 Å². The van der Waals surface area contributed by atoms with Crippen molar-refractivity contribution in [2.24, 2.45) is 0 Å². The minimum Gasteiger partial charge on any atom is -0.248 e. The van der Waals surface area contributed by atoms with Gasteiger partial charge >= 0.3 is 0 Å². The van der Waals surface area contributed by atoms with Crippen LogP contribution in [0.15, 0.2) is 237 Å². The Balaban J connectivity index is 1.10. The van der Waals surface area contributed by atoms with E-state index in [4.69, 9.17) is 4.98 Å². The van der Waals surface area contributed by atoms with E-state index in [-0.39, 0.29) is 0 Å². The molecule has 1 heterocycles. The number of nitrogens with zero attached hydrogens (tertiary/aromatic N) is 1. The van der Waals surface area contributed by atoms with E-state index in [1.807, 2.05) is 0 Å². The number of benzene rings is 10. The highest BCUT2D eigenvalue weighted by molar-refractivity contribution is 6.29. The first-order valence-electron chi connectivity index (χ1n) is 21.1. The fourth-order valence-corrected chi connectivity index (χ4v) is 10.2. The van der Waals surface area contributed by atoms with Crippen LogP contribution >= 0.6 is 0 Å². The average Bonchev–Trinajstić information content (AvgIpc) is 3.65. The third-order valence-electron chi connectivity index (χ3n) is 12.9. The summed E-state index contributed by atoms with van der Waals surface area (Å²) in [5.74, 6) is 0. The molecule has 1 aliphatic rings. The van der Waals surface area contributed by atoms with Gasteiger partial charge < -0.3 is 0 Å². The molecule has 61 heavy (non-hydrogen) atoms. The average molecular weight is 774 g/mol. The maximum Gasteiger partial charge on any atom is 0.0715 e. The lowest BCUT2D eigenvalue weighted by Crippen LogP contribution is -2.28. The molecule has 11 aromatic rings. The van der Waals surface area contributed by atoms with Gasteiger partial charge in [0.2, 0.25) is 0 Å². The highest BCUT2D eigenvalue weighted by atomic mass is 14.7. The lowest BCUT2D eigenvalue weighted by Gasteiger charge is -2.34. The molecule has 0 saturated carbocycles. The number of fused-ring (bicyclic) bond motifs is 9. The van der Waals surface area contributed by atoms with E-state index in [2.05, 4.69) is 237 Å². The molecule has 0 fully saturated rings. The highest BCUT2D eigenvalue weighted by Gasteiger charge is 2.46. The third-order valence-corrected chi connectivity index (χ3v) is 12.9. The summed E-state index contributed by atoms with van der Waals surface area (Å²) in [6.45, 7) is 0. The minimum atomic E-state index is -0.457. The second-order valence-corrected chi connectivity index (χ2v) is 16.2. The summed E-state index contributed by atoms with van der Waals surface area (Å²) < 4.78 is 0. The Morgan fingerprint density at radius 2 is 0.738 bits per heavy atom. The molecule has 0 saturated heterocycles. The molecule has 1 aromatic heterocycles. The summed E-state index contributed by atoms with van der Waals surface area (Å²) in [6, 6.07) is 86.7. The predicted molar refractivity (Wildman–Crippen MR) is 256 cm³/mol. The van der Waals surface area contributed by atoms with Gasteiger partial charge in [-0.25, -0.2) is 4.98 Å². The van der Waals surface area contributed by atoms with E-state index in [0.717, 1.165) is 28.1 Å². The molecule has 0 bridgehead atoms. The van der Waals surface area contributed by atoms with Crippen molar-refractivity contribution in [3.8, 4) is 55.9 Å². The van der Waals surface area contributed by atoms with Crippen molar-refractivity contribution < 1.29 is 0 Å². The van der Waals surface area contributed by atoms with Crippen LogP contribution in [0, 0.1) is 0 Å². The van der Waals surface area contributed by atoms with Gasteiger partial charge in [0.25, 0.3) is 0 Å². The van der Waals surface area contributed by atoms with Crippen LogP contribution in [0.2, 0.25) is 0 Å². The first-order valence-corrected chi connectivity index (χ1v) is 21.1. The van der Waals surface area contributed by atoms with Gasteiger partial charge in [-0.05, 0) is 112 Å². The number of hydrogen-bond donors (Lipinski definition) is 0. The second kappa shape index (κ2) is 14.2. The summed E-state index contributed by atoms with van der Waals surface area (Å²) in [5.41, 5.74) is 16.2. The van der Waals surface area contributed by atoms with Gasteiger partial charge in [-0.1, -0.05) is 212 Å². The van der Waals surface area contributed by atoms with Crippen LogP contribution in [0.1, 0.15) is 22.3 Å². The van der Waals surface area contributed by atoms with Crippen molar-refractivity contribution in [2.45, 2.75) is 5.41 Å². The van der Waals surface area contributed by atoms with Gasteiger partial charge in [-0.2, -0.15) is 0 Å². The van der Waals surface area contributed by atoms with Crippen LogP contribution in [-0.2, 0) is 5.41 Å². The zero-order chi connectivity index (χ0) is 40.3. The fraction of sp³-hybridized carbons (Fsp3) is 0.0167. The molecule has 1 aliphatic carbocycles. The van der Waals surface area contributed by atoms with Crippen LogP contribution in [0.25, 0.3) is 88.2 Å². The monoisotopic (exact) mass is 773 g/mol. The van der Waals surface area contributed by atoms with Crippen molar-refractivity contribution in [3.63, 3.8) is 0 Å². The normalized spacial score (nSPS) is 12.7. The zero-order valence-corrected chi connectivity index (χ0v) is 33.5. The standard InChI is InChI=1S/C60H39N/c1-5-18-40(19-6-1)57-38-44(39-58(61-57)41-20-7-2-8-21-41)47-29-17-30-52-48-26-13-14-27-49(48)54-36-42(33-35-53(54)59(47)52)43-32-34-51-50-28-15-16-31-55(50)60(56(51)37-43,45-22-9-3-10-23-45)46-24-11-4-12-25-46/h1-39H. The summed E-state index contributed by atoms with van der Waals surface area (Å²) >= 11 is 0. The van der Waals surface area contributed by atoms with E-state index in [1.165, 1.54) is 82.4 Å². The topological polar surface area (TPSA) is 12.9 Å². The van der Waals surface area contributed by atoms with Crippen LogP contribution in [0.4, 0.5) is 0 Å². The van der Waals surface area contributed by atoms with Crippen LogP contribution in [0.5, 0.6) is 0 Å². The Morgan fingerprint density at radius 1 is 0.262 bits per heavy atom. The number of rotatable bonds is 6. The number of aromatic nitrogens is 1. The van der Waals surface area contributed by atoms with Gasteiger partial charge in [-0.15, -0.1) is 0 Å². The van der Waals surface area contributed by atoms with Gasteiger partial charge in [0, 0.05) is 11.1 Å². The molecule has 0 N–H and O–H groups in total. The molecule has 1 nitrogen and oxygen atoms in total. The van der Waals surface area contributed by atoms with Gasteiger partial charge in [0.1, 0.15) is 0 Å². The Kier molecular flexibility index (Phi) is 8.15. The summed E-state index contributed by atoms with van der Waals surface area (Å²) in [4.78, 5) is 5.22. The first kappa shape index (κ1) is 35.1. The molecule has 0 spiro atoms. The SMILES string of the molecule is c1ccc(-c2cc(-c3cccc4c5ccccc5c5cc(-c6ccc7c(c6)C(c6ccccc6)(c6ccccc6)c6ccccc6-7)ccc5c34)cc(-c3ccccc3)n2)cc1. The summed E-state index contributed by atoms with van der Waals surface area (Å²) in [5, 5.41) is 7.49. The number of hydrogen-bond acceptors (Lipinski definition) is 1. The molecule has 0 atom stereocenters. The molecule has 0 unspecified atom stereocenters. The molecular weight excluding hydrogens is 735 g/mol. The Bertz CT molecular complexity index is 3350. The highest BCUT2D eigenvalue weighted by Crippen LogP contribution is 2.57. The second-order valence-electron chi connectivity index (χ2n) is 16.2. The Labute approximate surface area is 355 Å². The van der Waals surface area contributed by atoms with Crippen molar-refractivity contribution in [3.05, 3.63) is 259 Å². The van der Waals surface area contributed by atoms with Crippen LogP contribution < -0.4 is 0 Å². The quantitative estimate of drug-likeness (QED) is 0.153. The molecular formula is C60H39N. The molecule has 0 radical (unpaired) electrons. The molecule has 12 rings (SSSR count). The molecule has 284 valence electrons. The predicted octanol–water partition coefficient (Wildman–Crippen LogP) is 15.6. The van der Waals surface area contributed by atoms with Crippen LogP contribution in [0.3, 0.4) is 0 Å². The maximum atomic E-state index is 5.22. The zero-order valence-electron chi connectivity index (χ0n) is 33.5. The fourth-order valence-electron chi connectivity index (χ4n) is 10.2. The van der Waals surface area contributed by atoms with Gasteiger partial charge in [-0.3, -0.25) is 0 Å². The third kappa shape index (κ3) is 5.51. The van der Waals surface area contributed by atoms with E-state index in [1.54, 1.807) is 0 Å². The minimum absolute atomic E-state index is 0.457. The van der Waals surface area contributed by atoms with Crippen LogP contribution in [-0.4, -0.2) is 4.98 Å². The number of pyridine rings is 1. The maximum absolute atomic E-state index is 5.22. The Hall–Kier alpha value is -7.87. The molecule has 10 aromatic carbocycles. The van der Waals surface area contributed by atoms with E-state index >= 15 is 0 Å². The van der Waals surface area contributed by atoms with Crippen molar-refractivity contribution in [1.82, 2.24) is 4.98 Å². The molecule has 0 aliphatic heterocycles. The van der Waals surface area contributed by atoms with E-state index in [0.29, 0.717) is 0 Å². The van der Waals surface area contributed by atoms with Crippen molar-refractivity contribution in [2.75, 3.05) is 0 Å². The lowest BCUT2D eigenvalue weighted by molar-refractivity contribution is 0.769. The summed E-state index contributed by atoms with van der Waals surface area (Å²) in [6.07, 6.45) is 0. The largest absolute Gasteiger partial charge is 0.248 e. The van der Waals surface area contributed by atoms with Gasteiger partial charge in [0.05, 0.1) is 16.8 Å². The first-order chi connectivity index (χ1) is 30.3. The van der Waals surface area contributed by atoms with E-state index in [9.17, 15) is 0 Å². The molecule has 1 heteroatoms. The van der Waals surface area contributed by atoms with Gasteiger partial charge in [0.15, 0.2) is 0 Å². The Morgan fingerprint density at radius 3 is 1.39 bits per heavy atom. The lowest BCUT2D eigenvalue weighted by atomic mass is 9.67. The van der Waals surface area contributed by atoms with Crippen molar-refractivity contribution >= 4 is 32.3 Å². The van der Waals surface area contributed by atoms with E-state index < -0.39 is 5.41 Å². The molecule has 0 amide bonds. The summed E-state index contributed by atoms with van der Waals surface area (Å²) in [7, 11) is 0. The smallest absolute Gasteiger partial charge is 0.0715 e.